The number of nitrogens with one attached hydrogen (secondary N) is 1. The first kappa shape index (κ1) is 14.7. The van der Waals surface area contributed by atoms with Gasteiger partial charge in [0.15, 0.2) is 5.54 Å². The summed E-state index contributed by atoms with van der Waals surface area (Å²) in [6.45, 7) is 1.65. The molecule has 1 fully saturated rings. The zero-order chi connectivity index (χ0) is 16.7. The summed E-state index contributed by atoms with van der Waals surface area (Å²) in [7, 11) is 0. The molecule has 0 unspecified atom stereocenters. The van der Waals surface area contributed by atoms with Gasteiger partial charge >= 0.3 is 6.03 Å². The van der Waals surface area contributed by atoms with Crippen LogP contribution in [-0.2, 0) is 16.9 Å². The number of carbonyl (C=O) groups is 2. The highest BCUT2D eigenvalue weighted by molar-refractivity contribution is 7.13. The molecule has 3 amide bonds. The van der Waals surface area contributed by atoms with Crippen LogP contribution in [0.2, 0.25) is 0 Å². The average Bonchev–Trinajstić information content (AvgIpc) is 3.34. The number of urea groups is 1. The molecule has 24 heavy (non-hydrogen) atoms. The number of thiophene rings is 1. The Bertz CT molecular complexity index is 884. The molecule has 8 heteroatoms. The smallest absolute Gasteiger partial charge is 0.325 e. The van der Waals surface area contributed by atoms with Crippen LogP contribution in [-0.4, -0.2) is 21.8 Å². The molecule has 1 aliphatic heterocycles. The summed E-state index contributed by atoms with van der Waals surface area (Å²) in [5.41, 5.74) is -0.702. The van der Waals surface area contributed by atoms with E-state index in [1.165, 1.54) is 23.9 Å². The van der Waals surface area contributed by atoms with Gasteiger partial charge in [-0.3, -0.25) is 9.69 Å². The molecular formula is C16H13N3O4S. The first-order valence-corrected chi connectivity index (χ1v) is 8.12. The molecule has 0 spiro atoms. The standard InChI is InChI=1S/C16H13N3O4S/c1-16(12-5-2-6-22-12)14(20)19(15(21)18-16)8-10-9-23-13(17-10)11-4-3-7-24-11/h2-7,9H,8H2,1H3,(H,18,21)/t16-/m0/s1. The number of oxazole rings is 1. The van der Waals surface area contributed by atoms with Crippen LogP contribution in [0, 0.1) is 0 Å². The van der Waals surface area contributed by atoms with Crippen molar-refractivity contribution in [3.8, 4) is 10.8 Å². The van der Waals surface area contributed by atoms with Gasteiger partial charge in [-0.05, 0) is 30.5 Å². The number of rotatable bonds is 4. The number of aromatic nitrogens is 1. The van der Waals surface area contributed by atoms with Gasteiger partial charge in [0.05, 0.1) is 23.4 Å². The molecule has 122 valence electrons. The third-order valence-electron chi connectivity index (χ3n) is 3.89. The van der Waals surface area contributed by atoms with Crippen molar-refractivity contribution in [3.63, 3.8) is 0 Å². The molecule has 0 saturated carbocycles. The number of furan rings is 1. The van der Waals surface area contributed by atoms with Crippen LogP contribution in [0.4, 0.5) is 4.79 Å². The topological polar surface area (TPSA) is 88.6 Å². The molecule has 3 aromatic heterocycles. The van der Waals surface area contributed by atoms with Crippen molar-refractivity contribution in [1.82, 2.24) is 15.2 Å². The monoisotopic (exact) mass is 343 g/mol. The van der Waals surface area contributed by atoms with Crippen molar-refractivity contribution >= 4 is 23.3 Å². The first-order chi connectivity index (χ1) is 11.6. The molecule has 4 heterocycles. The van der Waals surface area contributed by atoms with Gasteiger partial charge in [-0.25, -0.2) is 9.78 Å². The van der Waals surface area contributed by atoms with Crippen molar-refractivity contribution in [2.75, 3.05) is 0 Å². The van der Waals surface area contributed by atoms with E-state index >= 15 is 0 Å². The molecule has 1 saturated heterocycles. The van der Waals surface area contributed by atoms with E-state index in [1.54, 1.807) is 19.1 Å². The van der Waals surface area contributed by atoms with Crippen LogP contribution < -0.4 is 5.32 Å². The van der Waals surface area contributed by atoms with E-state index in [4.69, 9.17) is 8.83 Å². The van der Waals surface area contributed by atoms with Gasteiger partial charge in [-0.2, -0.15) is 0 Å². The SMILES string of the molecule is C[C@@]1(c2ccco2)NC(=O)N(Cc2coc(-c3cccs3)n2)C1=O. The Kier molecular flexibility index (Phi) is 3.27. The summed E-state index contributed by atoms with van der Waals surface area (Å²) in [6, 6.07) is 6.64. The number of hydrogen-bond acceptors (Lipinski definition) is 6. The fourth-order valence-corrected chi connectivity index (χ4v) is 3.28. The lowest BCUT2D eigenvalue weighted by molar-refractivity contribution is -0.132. The summed E-state index contributed by atoms with van der Waals surface area (Å²) >= 11 is 1.50. The molecule has 0 bridgehead atoms. The van der Waals surface area contributed by atoms with Gasteiger partial charge in [0.25, 0.3) is 5.91 Å². The summed E-state index contributed by atoms with van der Waals surface area (Å²) in [4.78, 5) is 31.3. The average molecular weight is 343 g/mol. The molecule has 4 rings (SSSR count). The highest BCUT2D eigenvalue weighted by Crippen LogP contribution is 2.30. The zero-order valence-corrected chi connectivity index (χ0v) is 13.5. The summed E-state index contributed by atoms with van der Waals surface area (Å²) in [6.07, 6.45) is 2.92. The van der Waals surface area contributed by atoms with E-state index in [1.807, 2.05) is 17.5 Å². The van der Waals surface area contributed by atoms with E-state index < -0.39 is 11.6 Å². The Balaban J connectivity index is 1.57. The van der Waals surface area contributed by atoms with Crippen molar-refractivity contribution in [2.45, 2.75) is 19.0 Å². The number of imide groups is 1. The van der Waals surface area contributed by atoms with E-state index in [-0.39, 0.29) is 12.5 Å². The maximum atomic E-state index is 12.7. The van der Waals surface area contributed by atoms with Crippen molar-refractivity contribution in [3.05, 3.63) is 53.6 Å². The molecule has 0 aliphatic carbocycles. The molecule has 1 N–H and O–H groups in total. The summed E-state index contributed by atoms with van der Waals surface area (Å²) in [5.74, 6) is 0.478. The van der Waals surface area contributed by atoms with Gasteiger partial charge in [0.1, 0.15) is 12.0 Å². The lowest BCUT2D eigenvalue weighted by Gasteiger charge is -2.18. The number of hydrogen-bond donors (Lipinski definition) is 1. The fourth-order valence-electron chi connectivity index (χ4n) is 2.63. The van der Waals surface area contributed by atoms with Gasteiger partial charge < -0.3 is 14.2 Å². The minimum absolute atomic E-state index is 0.0375. The maximum absolute atomic E-state index is 12.7. The van der Waals surface area contributed by atoms with Gasteiger partial charge in [0.2, 0.25) is 5.89 Å². The summed E-state index contributed by atoms with van der Waals surface area (Å²) in [5, 5.41) is 4.60. The molecule has 1 atom stereocenters. The Morgan fingerprint density at radius 2 is 2.17 bits per heavy atom. The normalized spacial score (nSPS) is 20.6. The lowest BCUT2D eigenvalue weighted by atomic mass is 9.99. The lowest BCUT2D eigenvalue weighted by Crippen LogP contribution is -2.40. The second kappa shape index (κ2) is 5.34. The van der Waals surface area contributed by atoms with Crippen LogP contribution in [0.15, 0.2) is 51.0 Å². The van der Waals surface area contributed by atoms with Crippen LogP contribution in [0.25, 0.3) is 10.8 Å². The minimum Gasteiger partial charge on any atom is -0.466 e. The van der Waals surface area contributed by atoms with E-state index in [0.717, 1.165) is 9.78 Å². The van der Waals surface area contributed by atoms with Crippen LogP contribution in [0.5, 0.6) is 0 Å². The minimum atomic E-state index is -1.21. The van der Waals surface area contributed by atoms with Crippen molar-refractivity contribution in [2.24, 2.45) is 0 Å². The van der Waals surface area contributed by atoms with Crippen molar-refractivity contribution in [1.29, 1.82) is 0 Å². The maximum Gasteiger partial charge on any atom is 0.325 e. The predicted octanol–water partition coefficient (Wildman–Crippen LogP) is 2.96. The first-order valence-electron chi connectivity index (χ1n) is 7.24. The fraction of sp³-hybridized carbons (Fsp3) is 0.188. The number of carbonyl (C=O) groups excluding carboxylic acids is 2. The number of amides is 3. The summed E-state index contributed by atoms with van der Waals surface area (Å²) < 4.78 is 10.7. The van der Waals surface area contributed by atoms with Crippen molar-refractivity contribution < 1.29 is 18.4 Å². The third-order valence-corrected chi connectivity index (χ3v) is 4.75. The molecule has 0 aromatic carbocycles. The van der Waals surface area contributed by atoms with E-state index in [9.17, 15) is 9.59 Å². The Morgan fingerprint density at radius 3 is 2.88 bits per heavy atom. The van der Waals surface area contributed by atoms with E-state index in [2.05, 4.69) is 10.3 Å². The molecule has 7 nitrogen and oxygen atoms in total. The second-order valence-electron chi connectivity index (χ2n) is 5.55. The largest absolute Gasteiger partial charge is 0.466 e. The quantitative estimate of drug-likeness (QED) is 0.736. The molecule has 0 radical (unpaired) electrons. The predicted molar refractivity (Wildman–Crippen MR) is 85.0 cm³/mol. The van der Waals surface area contributed by atoms with Crippen LogP contribution >= 0.6 is 11.3 Å². The Labute approximate surface area is 140 Å². The number of nitrogens with zero attached hydrogens (tertiary/aromatic N) is 2. The van der Waals surface area contributed by atoms with Gasteiger partial charge in [0, 0.05) is 0 Å². The van der Waals surface area contributed by atoms with Gasteiger partial charge in [-0.15, -0.1) is 11.3 Å². The Hall–Kier alpha value is -2.87. The highest BCUT2D eigenvalue weighted by Gasteiger charge is 2.51. The zero-order valence-electron chi connectivity index (χ0n) is 12.7. The Morgan fingerprint density at radius 1 is 1.29 bits per heavy atom. The molecule has 3 aromatic rings. The third kappa shape index (κ3) is 2.23. The molecular weight excluding hydrogens is 330 g/mol. The van der Waals surface area contributed by atoms with Crippen LogP contribution in [0.3, 0.4) is 0 Å². The second-order valence-corrected chi connectivity index (χ2v) is 6.49. The van der Waals surface area contributed by atoms with E-state index in [0.29, 0.717) is 17.3 Å². The molecule has 1 aliphatic rings. The highest BCUT2D eigenvalue weighted by atomic mass is 32.1. The van der Waals surface area contributed by atoms with Gasteiger partial charge in [-0.1, -0.05) is 6.07 Å². The van der Waals surface area contributed by atoms with Crippen LogP contribution in [0.1, 0.15) is 18.4 Å².